The van der Waals surface area contributed by atoms with E-state index in [1.807, 2.05) is 13.1 Å². The third kappa shape index (κ3) is 1.70. The summed E-state index contributed by atoms with van der Waals surface area (Å²) in [6, 6.07) is 0. The van der Waals surface area contributed by atoms with Gasteiger partial charge in [-0.3, -0.25) is 0 Å². The van der Waals surface area contributed by atoms with E-state index in [9.17, 15) is 0 Å². The Morgan fingerprint density at radius 3 is 3.07 bits per heavy atom. The van der Waals surface area contributed by atoms with Crippen LogP contribution in [0.25, 0.3) is 5.78 Å². The summed E-state index contributed by atoms with van der Waals surface area (Å²) in [6.07, 6.45) is 3.58. The molecule has 0 bridgehead atoms. The number of aryl methyl sites for hydroxylation is 1. The first-order chi connectivity index (χ1) is 6.65. The van der Waals surface area contributed by atoms with Crippen molar-refractivity contribution in [2.24, 2.45) is 0 Å². The lowest BCUT2D eigenvalue weighted by Crippen LogP contribution is -2.12. The minimum absolute atomic E-state index is 0.294. The largest absolute Gasteiger partial charge is 0.314 e. The van der Waals surface area contributed by atoms with Crippen molar-refractivity contribution in [3.05, 3.63) is 23.8 Å². The fraction of sp³-hybridized carbons (Fsp3) is 0.375. The van der Waals surface area contributed by atoms with E-state index in [4.69, 9.17) is 5.21 Å². The summed E-state index contributed by atoms with van der Waals surface area (Å²) in [5.74, 6) is 1.10. The molecular formula is C8H11N5O. The van der Waals surface area contributed by atoms with Crippen LogP contribution >= 0.6 is 0 Å². The summed E-state index contributed by atoms with van der Waals surface area (Å²) < 4.78 is 1.61. The van der Waals surface area contributed by atoms with Crippen LogP contribution in [0.3, 0.4) is 0 Å². The van der Waals surface area contributed by atoms with Crippen LogP contribution in [-0.2, 0) is 6.54 Å². The second-order valence-corrected chi connectivity index (χ2v) is 3.22. The van der Waals surface area contributed by atoms with Crippen molar-refractivity contribution in [1.29, 1.82) is 0 Å². The van der Waals surface area contributed by atoms with Gasteiger partial charge in [0.05, 0.1) is 6.54 Å². The van der Waals surface area contributed by atoms with Crippen LogP contribution in [0.2, 0.25) is 0 Å². The molecule has 74 valence electrons. The Balaban J connectivity index is 2.41. The predicted octanol–water partition coefficient (Wildman–Crippen LogP) is 0.254. The zero-order valence-electron chi connectivity index (χ0n) is 8.05. The van der Waals surface area contributed by atoms with Crippen molar-refractivity contribution in [3.63, 3.8) is 0 Å². The lowest BCUT2D eigenvalue weighted by molar-refractivity contribution is -0.0749. The van der Waals surface area contributed by atoms with E-state index in [2.05, 4.69) is 15.1 Å². The van der Waals surface area contributed by atoms with Gasteiger partial charge < -0.3 is 5.21 Å². The second kappa shape index (κ2) is 3.32. The monoisotopic (exact) mass is 193 g/mol. The van der Waals surface area contributed by atoms with E-state index in [1.165, 1.54) is 0 Å². The van der Waals surface area contributed by atoms with Crippen molar-refractivity contribution in [2.75, 3.05) is 7.05 Å². The molecule has 0 aromatic carbocycles. The third-order valence-electron chi connectivity index (χ3n) is 1.74. The minimum Gasteiger partial charge on any atom is -0.314 e. The highest BCUT2D eigenvalue weighted by Gasteiger charge is 2.05. The Labute approximate surface area is 80.8 Å². The van der Waals surface area contributed by atoms with Crippen molar-refractivity contribution in [2.45, 2.75) is 13.5 Å². The van der Waals surface area contributed by atoms with Gasteiger partial charge in [0.15, 0.2) is 5.82 Å². The maximum Gasteiger partial charge on any atom is 0.252 e. The lowest BCUT2D eigenvalue weighted by atomic mass is 10.4. The zero-order valence-corrected chi connectivity index (χ0v) is 8.05. The number of fused-ring (bicyclic) bond motifs is 1. The van der Waals surface area contributed by atoms with E-state index >= 15 is 0 Å². The molecule has 0 aliphatic heterocycles. The first-order valence-corrected chi connectivity index (χ1v) is 4.23. The summed E-state index contributed by atoms with van der Waals surface area (Å²) in [6.45, 7) is 2.23. The standard InChI is InChI=1S/C8H11N5O/c1-6-3-9-8-10-7(5-12(2)14)11-13(8)4-6/h3-4,14H,5H2,1-2H3. The normalized spacial score (nSPS) is 11.4. The minimum atomic E-state index is 0.294. The topological polar surface area (TPSA) is 66.5 Å². The summed E-state index contributed by atoms with van der Waals surface area (Å²) >= 11 is 0. The van der Waals surface area contributed by atoms with Crippen molar-refractivity contribution in [3.8, 4) is 0 Å². The van der Waals surface area contributed by atoms with Crippen molar-refractivity contribution in [1.82, 2.24) is 24.6 Å². The SMILES string of the molecule is Cc1cnc2nc(CN(C)O)nn2c1. The molecule has 0 aliphatic rings. The van der Waals surface area contributed by atoms with Gasteiger partial charge in [0, 0.05) is 19.4 Å². The van der Waals surface area contributed by atoms with Crippen molar-refractivity contribution < 1.29 is 5.21 Å². The number of hydrogen-bond acceptors (Lipinski definition) is 5. The predicted molar refractivity (Wildman–Crippen MR) is 48.8 cm³/mol. The zero-order chi connectivity index (χ0) is 10.1. The molecule has 0 saturated heterocycles. The highest BCUT2D eigenvalue weighted by atomic mass is 16.5. The molecule has 0 unspecified atom stereocenters. The average molecular weight is 193 g/mol. The Hall–Kier alpha value is -1.53. The molecule has 0 radical (unpaired) electrons. The molecule has 2 heterocycles. The number of hydrogen-bond donors (Lipinski definition) is 1. The number of hydroxylamine groups is 2. The van der Waals surface area contributed by atoms with Crippen molar-refractivity contribution >= 4 is 5.78 Å². The van der Waals surface area contributed by atoms with Gasteiger partial charge >= 0.3 is 0 Å². The maximum atomic E-state index is 9.01. The Kier molecular flexibility index (Phi) is 2.14. The molecule has 14 heavy (non-hydrogen) atoms. The Bertz CT molecular complexity index is 450. The second-order valence-electron chi connectivity index (χ2n) is 3.22. The van der Waals surface area contributed by atoms with Gasteiger partial charge in [-0.15, -0.1) is 5.10 Å². The van der Waals surface area contributed by atoms with E-state index in [-0.39, 0.29) is 0 Å². The molecule has 0 fully saturated rings. The molecule has 0 atom stereocenters. The quantitative estimate of drug-likeness (QED) is 0.693. The highest BCUT2D eigenvalue weighted by molar-refractivity contribution is 5.27. The van der Waals surface area contributed by atoms with Crippen LogP contribution in [0, 0.1) is 6.92 Å². The number of aromatic nitrogens is 4. The molecule has 0 saturated carbocycles. The van der Waals surface area contributed by atoms with Crippen LogP contribution in [0.4, 0.5) is 0 Å². The summed E-state index contributed by atoms with van der Waals surface area (Å²) in [5, 5.41) is 14.2. The average Bonchev–Trinajstić information content (AvgIpc) is 2.44. The Morgan fingerprint density at radius 1 is 1.57 bits per heavy atom. The smallest absolute Gasteiger partial charge is 0.252 e. The fourth-order valence-electron chi connectivity index (χ4n) is 1.19. The van der Waals surface area contributed by atoms with Crippen LogP contribution in [0.15, 0.2) is 12.4 Å². The first-order valence-electron chi connectivity index (χ1n) is 4.23. The molecule has 0 amide bonds. The van der Waals surface area contributed by atoms with Gasteiger partial charge in [-0.2, -0.15) is 10.0 Å². The van der Waals surface area contributed by atoms with Crippen LogP contribution in [0.1, 0.15) is 11.4 Å². The van der Waals surface area contributed by atoms with E-state index < -0.39 is 0 Å². The summed E-state index contributed by atoms with van der Waals surface area (Å²) in [5.41, 5.74) is 1.02. The van der Waals surface area contributed by atoms with E-state index in [0.717, 1.165) is 10.6 Å². The highest BCUT2D eigenvalue weighted by Crippen LogP contribution is 2.01. The van der Waals surface area contributed by atoms with Gasteiger partial charge in [0.1, 0.15) is 0 Å². The van der Waals surface area contributed by atoms with Gasteiger partial charge in [-0.25, -0.2) is 9.50 Å². The van der Waals surface area contributed by atoms with Gasteiger partial charge in [0.2, 0.25) is 0 Å². The van der Waals surface area contributed by atoms with Crippen LogP contribution < -0.4 is 0 Å². The first kappa shape index (κ1) is 9.04. The maximum absolute atomic E-state index is 9.01. The van der Waals surface area contributed by atoms with Crippen LogP contribution in [-0.4, -0.2) is 36.9 Å². The lowest BCUT2D eigenvalue weighted by Gasteiger charge is -2.01. The van der Waals surface area contributed by atoms with Gasteiger partial charge in [0.25, 0.3) is 5.78 Å². The number of nitrogens with zero attached hydrogens (tertiary/aromatic N) is 5. The third-order valence-corrected chi connectivity index (χ3v) is 1.74. The van der Waals surface area contributed by atoms with E-state index in [0.29, 0.717) is 18.1 Å². The van der Waals surface area contributed by atoms with E-state index in [1.54, 1.807) is 17.8 Å². The molecule has 2 rings (SSSR count). The van der Waals surface area contributed by atoms with Gasteiger partial charge in [-0.1, -0.05) is 0 Å². The molecule has 0 aliphatic carbocycles. The van der Waals surface area contributed by atoms with Crippen LogP contribution in [0.5, 0.6) is 0 Å². The molecule has 2 aromatic heterocycles. The number of rotatable bonds is 2. The van der Waals surface area contributed by atoms with Gasteiger partial charge in [-0.05, 0) is 12.5 Å². The molecular weight excluding hydrogens is 182 g/mol. The molecule has 6 heteroatoms. The molecule has 2 aromatic rings. The Morgan fingerprint density at radius 2 is 2.36 bits per heavy atom. The molecule has 6 nitrogen and oxygen atoms in total. The summed E-state index contributed by atoms with van der Waals surface area (Å²) in [7, 11) is 1.55. The molecule has 0 spiro atoms. The fourth-order valence-corrected chi connectivity index (χ4v) is 1.19. The summed E-state index contributed by atoms with van der Waals surface area (Å²) in [4.78, 5) is 8.23. The molecule has 1 N–H and O–H groups in total.